The van der Waals surface area contributed by atoms with Gasteiger partial charge in [0.2, 0.25) is 0 Å². The van der Waals surface area contributed by atoms with Gasteiger partial charge in [0.15, 0.2) is 0 Å². The number of hydrogen-bond acceptors (Lipinski definition) is 3. The topological polar surface area (TPSA) is 61.4 Å². The molecule has 0 saturated carbocycles. The lowest BCUT2D eigenvalue weighted by molar-refractivity contribution is 0.268. The third-order valence-corrected chi connectivity index (χ3v) is 5.31. The summed E-state index contributed by atoms with van der Waals surface area (Å²) in [5.74, 6) is 0.171. The molecule has 5 nitrogen and oxygen atoms in total. The fraction of sp³-hybridized carbons (Fsp3) is 0.571. The number of halogens is 1. The van der Waals surface area contributed by atoms with Gasteiger partial charge in [-0.1, -0.05) is 12.1 Å². The van der Waals surface area contributed by atoms with E-state index in [9.17, 15) is 12.8 Å². The van der Waals surface area contributed by atoms with Crippen LogP contribution in [0.4, 0.5) is 4.39 Å². The highest BCUT2D eigenvalue weighted by Gasteiger charge is 2.27. The quantitative estimate of drug-likeness (QED) is 0.826. The van der Waals surface area contributed by atoms with Crippen LogP contribution in [-0.4, -0.2) is 39.4 Å². The Kier molecular flexibility index (Phi) is 5.69. The van der Waals surface area contributed by atoms with Crippen LogP contribution in [0.1, 0.15) is 18.4 Å². The maximum atomic E-state index is 13.1. The molecule has 0 aliphatic carbocycles. The van der Waals surface area contributed by atoms with Crippen molar-refractivity contribution in [3.05, 3.63) is 35.6 Å². The zero-order chi connectivity index (χ0) is 15.3. The summed E-state index contributed by atoms with van der Waals surface area (Å²) in [6.07, 6.45) is 1.73. The molecule has 1 aromatic rings. The van der Waals surface area contributed by atoms with Crippen molar-refractivity contribution in [2.75, 3.05) is 26.7 Å². The molecule has 0 radical (unpaired) electrons. The van der Waals surface area contributed by atoms with E-state index < -0.39 is 10.2 Å². The molecular formula is C14H22FN3O2S. The van der Waals surface area contributed by atoms with Gasteiger partial charge >= 0.3 is 0 Å². The summed E-state index contributed by atoms with van der Waals surface area (Å²) >= 11 is 0. The van der Waals surface area contributed by atoms with E-state index in [-0.39, 0.29) is 12.4 Å². The second kappa shape index (κ2) is 7.31. The lowest BCUT2D eigenvalue weighted by atomic mass is 9.98. The zero-order valence-corrected chi connectivity index (χ0v) is 13.0. The van der Waals surface area contributed by atoms with E-state index >= 15 is 0 Å². The maximum absolute atomic E-state index is 13.1. The van der Waals surface area contributed by atoms with E-state index in [1.807, 2.05) is 7.05 Å². The van der Waals surface area contributed by atoms with Crippen molar-refractivity contribution >= 4 is 10.2 Å². The van der Waals surface area contributed by atoms with Crippen LogP contribution in [0.15, 0.2) is 24.3 Å². The Hall–Kier alpha value is -1.02. The van der Waals surface area contributed by atoms with Crippen molar-refractivity contribution in [3.63, 3.8) is 0 Å². The number of nitrogens with one attached hydrogen (secondary N) is 2. The molecule has 0 aromatic heterocycles. The van der Waals surface area contributed by atoms with Gasteiger partial charge in [-0.3, -0.25) is 0 Å². The minimum absolute atomic E-state index is 0.108. The highest BCUT2D eigenvalue weighted by atomic mass is 32.2. The summed E-state index contributed by atoms with van der Waals surface area (Å²) in [6.45, 7) is 2.09. The molecular weight excluding hydrogens is 293 g/mol. The first-order valence-electron chi connectivity index (χ1n) is 7.15. The molecule has 0 bridgehead atoms. The van der Waals surface area contributed by atoms with E-state index in [2.05, 4.69) is 10.0 Å². The van der Waals surface area contributed by atoms with Gasteiger partial charge in [-0.15, -0.1) is 0 Å². The number of rotatable bonds is 6. The summed E-state index contributed by atoms with van der Waals surface area (Å²) in [5.41, 5.74) is 0.614. The van der Waals surface area contributed by atoms with E-state index in [4.69, 9.17) is 0 Å². The first-order chi connectivity index (χ1) is 10.0. The van der Waals surface area contributed by atoms with Gasteiger partial charge in [0.05, 0.1) is 0 Å². The third-order valence-electron chi connectivity index (χ3n) is 3.75. The average molecular weight is 315 g/mol. The third kappa shape index (κ3) is 4.74. The Balaban J connectivity index is 1.88. The van der Waals surface area contributed by atoms with E-state index in [1.54, 1.807) is 12.1 Å². The van der Waals surface area contributed by atoms with Crippen molar-refractivity contribution in [1.29, 1.82) is 0 Å². The molecule has 2 N–H and O–H groups in total. The lowest BCUT2D eigenvalue weighted by Gasteiger charge is -2.31. The summed E-state index contributed by atoms with van der Waals surface area (Å²) in [4.78, 5) is 0. The normalized spacial score (nSPS) is 18.0. The van der Waals surface area contributed by atoms with Crippen LogP contribution in [0.2, 0.25) is 0 Å². The molecule has 2 rings (SSSR count). The molecule has 1 heterocycles. The minimum Gasteiger partial charge on any atom is -0.319 e. The molecule has 1 saturated heterocycles. The number of benzene rings is 1. The Morgan fingerprint density at radius 2 is 2.05 bits per heavy atom. The lowest BCUT2D eigenvalue weighted by Crippen LogP contribution is -2.45. The number of nitrogens with zero attached hydrogens (tertiary/aromatic N) is 1. The van der Waals surface area contributed by atoms with Crippen LogP contribution < -0.4 is 10.0 Å². The van der Waals surface area contributed by atoms with Gasteiger partial charge in [0.1, 0.15) is 5.82 Å². The van der Waals surface area contributed by atoms with Gasteiger partial charge in [-0.2, -0.15) is 17.4 Å². The first kappa shape index (κ1) is 16.4. The van der Waals surface area contributed by atoms with Crippen LogP contribution in [0.5, 0.6) is 0 Å². The maximum Gasteiger partial charge on any atom is 0.279 e. The summed E-state index contributed by atoms with van der Waals surface area (Å²) in [5, 5.41) is 3.12. The molecule has 7 heteroatoms. The molecule has 1 aromatic carbocycles. The van der Waals surface area contributed by atoms with Crippen LogP contribution in [-0.2, 0) is 16.8 Å². The Morgan fingerprint density at radius 3 is 2.67 bits per heavy atom. The molecule has 0 atom stereocenters. The van der Waals surface area contributed by atoms with Crippen molar-refractivity contribution in [1.82, 2.24) is 14.3 Å². The summed E-state index contributed by atoms with van der Waals surface area (Å²) < 4.78 is 41.5. The molecule has 0 amide bonds. The largest absolute Gasteiger partial charge is 0.319 e. The van der Waals surface area contributed by atoms with Crippen LogP contribution in [0.25, 0.3) is 0 Å². The van der Waals surface area contributed by atoms with Crippen molar-refractivity contribution < 1.29 is 12.8 Å². The Morgan fingerprint density at radius 1 is 1.33 bits per heavy atom. The molecule has 1 fully saturated rings. The standard InChI is InChI=1S/C14H22FN3O2S/c1-16-10-12-5-7-18(8-6-12)21(19,20)17-11-13-3-2-4-14(15)9-13/h2-4,9,12,16-17H,5-8,10-11H2,1H3. The highest BCUT2D eigenvalue weighted by molar-refractivity contribution is 7.87. The minimum atomic E-state index is -3.49. The predicted octanol–water partition coefficient (Wildman–Crippen LogP) is 1.09. The van der Waals surface area contributed by atoms with Gasteiger partial charge in [-0.25, -0.2) is 4.39 Å². The van der Waals surface area contributed by atoms with Crippen molar-refractivity contribution in [2.45, 2.75) is 19.4 Å². The van der Waals surface area contributed by atoms with Gasteiger partial charge < -0.3 is 5.32 Å². The average Bonchev–Trinajstić information content (AvgIpc) is 2.46. The molecule has 1 aliphatic heterocycles. The fourth-order valence-corrected chi connectivity index (χ4v) is 3.78. The second-order valence-corrected chi connectivity index (χ2v) is 7.11. The molecule has 0 unspecified atom stereocenters. The number of hydrogen-bond donors (Lipinski definition) is 2. The smallest absolute Gasteiger partial charge is 0.279 e. The molecule has 1 aliphatic rings. The summed E-state index contributed by atoms with van der Waals surface area (Å²) in [7, 11) is -1.59. The van der Waals surface area contributed by atoms with Gasteiger partial charge in [0, 0.05) is 19.6 Å². The molecule has 118 valence electrons. The van der Waals surface area contributed by atoms with E-state index in [0.717, 1.165) is 19.4 Å². The first-order valence-corrected chi connectivity index (χ1v) is 8.59. The Labute approximate surface area is 125 Å². The van der Waals surface area contributed by atoms with Crippen LogP contribution in [0.3, 0.4) is 0 Å². The van der Waals surface area contributed by atoms with Crippen LogP contribution >= 0.6 is 0 Å². The molecule has 21 heavy (non-hydrogen) atoms. The fourth-order valence-electron chi connectivity index (χ4n) is 2.56. The van der Waals surface area contributed by atoms with Crippen molar-refractivity contribution in [2.24, 2.45) is 5.92 Å². The zero-order valence-electron chi connectivity index (χ0n) is 12.2. The van der Waals surface area contributed by atoms with Crippen molar-refractivity contribution in [3.8, 4) is 0 Å². The predicted molar refractivity (Wildman–Crippen MR) is 80.4 cm³/mol. The second-order valence-electron chi connectivity index (χ2n) is 5.36. The highest BCUT2D eigenvalue weighted by Crippen LogP contribution is 2.18. The van der Waals surface area contributed by atoms with Gasteiger partial charge in [0.25, 0.3) is 10.2 Å². The number of piperidine rings is 1. The summed E-state index contributed by atoms with van der Waals surface area (Å²) in [6, 6.07) is 5.94. The van der Waals surface area contributed by atoms with Gasteiger partial charge in [-0.05, 0) is 50.0 Å². The van der Waals surface area contributed by atoms with E-state index in [0.29, 0.717) is 24.6 Å². The Bertz CT molecular complexity index is 557. The van der Waals surface area contributed by atoms with Crippen LogP contribution in [0, 0.1) is 11.7 Å². The SMILES string of the molecule is CNCC1CCN(S(=O)(=O)NCc2cccc(F)c2)CC1. The monoisotopic (exact) mass is 315 g/mol. The van der Waals surface area contributed by atoms with E-state index in [1.165, 1.54) is 16.4 Å². The molecule has 0 spiro atoms.